The zero-order valence-electron chi connectivity index (χ0n) is 10.8. The van der Waals surface area contributed by atoms with Crippen LogP contribution in [0.25, 0.3) is 0 Å². The molecule has 1 aliphatic rings. The maximum absolute atomic E-state index is 10.1. The Labute approximate surface area is 94.5 Å². The van der Waals surface area contributed by atoms with Crippen LogP contribution < -0.4 is 5.32 Å². The van der Waals surface area contributed by atoms with E-state index in [0.29, 0.717) is 11.5 Å². The SMILES string of the molecule is CCCC(C)(O)CNC1CCCC1(C)C. The van der Waals surface area contributed by atoms with Crippen molar-refractivity contribution in [3.63, 3.8) is 0 Å². The second-order valence-electron chi connectivity index (χ2n) is 6.06. The zero-order valence-corrected chi connectivity index (χ0v) is 10.8. The molecule has 2 unspecified atom stereocenters. The van der Waals surface area contributed by atoms with Gasteiger partial charge in [0.1, 0.15) is 0 Å². The van der Waals surface area contributed by atoms with Crippen molar-refractivity contribution in [2.75, 3.05) is 6.54 Å². The number of hydrogen-bond donors (Lipinski definition) is 2. The summed E-state index contributed by atoms with van der Waals surface area (Å²) in [7, 11) is 0. The molecule has 0 radical (unpaired) electrons. The Morgan fingerprint density at radius 2 is 2.13 bits per heavy atom. The van der Waals surface area contributed by atoms with E-state index in [9.17, 15) is 5.11 Å². The quantitative estimate of drug-likeness (QED) is 0.736. The van der Waals surface area contributed by atoms with Gasteiger partial charge in [-0.25, -0.2) is 0 Å². The first-order chi connectivity index (χ1) is 6.87. The summed E-state index contributed by atoms with van der Waals surface area (Å²) in [6.07, 6.45) is 5.81. The predicted molar refractivity (Wildman–Crippen MR) is 65.0 cm³/mol. The third-order valence-electron chi connectivity index (χ3n) is 3.78. The van der Waals surface area contributed by atoms with Gasteiger partial charge in [0.05, 0.1) is 5.60 Å². The molecule has 90 valence electrons. The molecule has 1 rings (SSSR count). The van der Waals surface area contributed by atoms with Crippen LogP contribution >= 0.6 is 0 Å². The fourth-order valence-electron chi connectivity index (χ4n) is 2.68. The molecule has 2 heteroatoms. The summed E-state index contributed by atoms with van der Waals surface area (Å²) in [5, 5.41) is 13.6. The van der Waals surface area contributed by atoms with Gasteiger partial charge in [-0.2, -0.15) is 0 Å². The maximum atomic E-state index is 10.1. The van der Waals surface area contributed by atoms with E-state index in [1.165, 1.54) is 19.3 Å². The molecule has 2 N–H and O–H groups in total. The first-order valence-electron chi connectivity index (χ1n) is 6.33. The fourth-order valence-corrected chi connectivity index (χ4v) is 2.68. The van der Waals surface area contributed by atoms with Gasteiger partial charge in [-0.1, -0.05) is 33.6 Å². The first kappa shape index (κ1) is 13.0. The highest BCUT2D eigenvalue weighted by Gasteiger charge is 2.35. The summed E-state index contributed by atoms with van der Waals surface area (Å²) in [6, 6.07) is 0.584. The van der Waals surface area contributed by atoms with Crippen molar-refractivity contribution >= 4 is 0 Å². The number of rotatable bonds is 5. The Balaban J connectivity index is 2.36. The Hall–Kier alpha value is -0.0800. The van der Waals surface area contributed by atoms with Gasteiger partial charge in [0.2, 0.25) is 0 Å². The molecule has 2 atom stereocenters. The van der Waals surface area contributed by atoms with E-state index < -0.39 is 5.60 Å². The summed E-state index contributed by atoms with van der Waals surface area (Å²) in [5.74, 6) is 0. The van der Waals surface area contributed by atoms with E-state index in [2.05, 4.69) is 26.1 Å². The third-order valence-corrected chi connectivity index (χ3v) is 3.78. The van der Waals surface area contributed by atoms with Crippen LogP contribution in [-0.4, -0.2) is 23.3 Å². The summed E-state index contributed by atoms with van der Waals surface area (Å²) < 4.78 is 0. The van der Waals surface area contributed by atoms with Crippen LogP contribution in [-0.2, 0) is 0 Å². The highest BCUT2D eigenvalue weighted by Crippen LogP contribution is 2.37. The van der Waals surface area contributed by atoms with E-state index in [0.717, 1.165) is 19.4 Å². The molecule has 1 fully saturated rings. The standard InChI is InChI=1S/C13H27NO/c1-5-8-13(4,15)10-14-11-7-6-9-12(11,2)3/h11,14-15H,5-10H2,1-4H3. The minimum atomic E-state index is -0.534. The molecular weight excluding hydrogens is 186 g/mol. The molecule has 0 aromatic rings. The van der Waals surface area contributed by atoms with Gasteiger partial charge in [0.25, 0.3) is 0 Å². The predicted octanol–water partition coefficient (Wildman–Crippen LogP) is 2.71. The molecule has 1 saturated carbocycles. The topological polar surface area (TPSA) is 32.3 Å². The van der Waals surface area contributed by atoms with E-state index in [1.807, 2.05) is 6.92 Å². The lowest BCUT2D eigenvalue weighted by atomic mass is 9.87. The smallest absolute Gasteiger partial charge is 0.0743 e. The van der Waals surface area contributed by atoms with Crippen molar-refractivity contribution in [2.24, 2.45) is 5.41 Å². The average Bonchev–Trinajstić information content (AvgIpc) is 2.41. The molecule has 0 amide bonds. The Kier molecular flexibility index (Phi) is 4.19. The lowest BCUT2D eigenvalue weighted by Gasteiger charge is -2.32. The van der Waals surface area contributed by atoms with Crippen LogP contribution in [0, 0.1) is 5.41 Å². The molecule has 0 saturated heterocycles. The molecule has 15 heavy (non-hydrogen) atoms. The van der Waals surface area contributed by atoms with E-state index in [4.69, 9.17) is 0 Å². The molecule has 1 aliphatic carbocycles. The minimum Gasteiger partial charge on any atom is -0.389 e. The number of hydrogen-bond acceptors (Lipinski definition) is 2. The van der Waals surface area contributed by atoms with Crippen LogP contribution in [0.4, 0.5) is 0 Å². The lowest BCUT2D eigenvalue weighted by Crippen LogP contribution is -2.46. The van der Waals surface area contributed by atoms with E-state index >= 15 is 0 Å². The maximum Gasteiger partial charge on any atom is 0.0743 e. The van der Waals surface area contributed by atoms with Crippen molar-refractivity contribution in [2.45, 2.75) is 71.4 Å². The van der Waals surface area contributed by atoms with Crippen molar-refractivity contribution in [1.29, 1.82) is 0 Å². The summed E-state index contributed by atoms with van der Waals surface area (Å²) in [4.78, 5) is 0. The Bertz CT molecular complexity index is 199. The van der Waals surface area contributed by atoms with Crippen molar-refractivity contribution in [3.05, 3.63) is 0 Å². The van der Waals surface area contributed by atoms with Crippen LogP contribution in [0.5, 0.6) is 0 Å². The van der Waals surface area contributed by atoms with Gasteiger partial charge in [0.15, 0.2) is 0 Å². The van der Waals surface area contributed by atoms with E-state index in [1.54, 1.807) is 0 Å². The average molecular weight is 213 g/mol. The van der Waals surface area contributed by atoms with Gasteiger partial charge in [-0.3, -0.25) is 0 Å². The van der Waals surface area contributed by atoms with Crippen LogP contribution in [0.1, 0.15) is 59.8 Å². The molecule has 0 spiro atoms. The normalized spacial score (nSPS) is 29.0. The number of aliphatic hydroxyl groups is 1. The minimum absolute atomic E-state index is 0.405. The van der Waals surface area contributed by atoms with Gasteiger partial charge in [-0.05, 0) is 31.6 Å². The third kappa shape index (κ3) is 3.76. The Morgan fingerprint density at radius 1 is 1.47 bits per heavy atom. The van der Waals surface area contributed by atoms with Crippen molar-refractivity contribution in [3.8, 4) is 0 Å². The Morgan fingerprint density at radius 3 is 2.60 bits per heavy atom. The molecular formula is C13H27NO. The first-order valence-corrected chi connectivity index (χ1v) is 6.33. The highest BCUT2D eigenvalue weighted by molar-refractivity contribution is 4.91. The van der Waals surface area contributed by atoms with Gasteiger partial charge >= 0.3 is 0 Å². The molecule has 0 aromatic heterocycles. The van der Waals surface area contributed by atoms with Crippen LogP contribution in [0.3, 0.4) is 0 Å². The molecule has 0 aromatic carbocycles. The summed E-state index contributed by atoms with van der Waals surface area (Å²) >= 11 is 0. The van der Waals surface area contributed by atoms with E-state index in [-0.39, 0.29) is 0 Å². The summed E-state index contributed by atoms with van der Waals surface area (Å²) in [6.45, 7) is 9.44. The fraction of sp³-hybridized carbons (Fsp3) is 1.00. The molecule has 0 aliphatic heterocycles. The van der Waals surface area contributed by atoms with Crippen LogP contribution in [0.2, 0.25) is 0 Å². The second-order valence-corrected chi connectivity index (χ2v) is 6.06. The lowest BCUT2D eigenvalue weighted by molar-refractivity contribution is 0.0433. The van der Waals surface area contributed by atoms with Gasteiger partial charge in [0, 0.05) is 12.6 Å². The van der Waals surface area contributed by atoms with Crippen molar-refractivity contribution < 1.29 is 5.11 Å². The molecule has 0 heterocycles. The van der Waals surface area contributed by atoms with Gasteiger partial charge in [-0.15, -0.1) is 0 Å². The largest absolute Gasteiger partial charge is 0.389 e. The summed E-state index contributed by atoms with van der Waals surface area (Å²) in [5.41, 5.74) is -0.129. The van der Waals surface area contributed by atoms with Crippen molar-refractivity contribution in [1.82, 2.24) is 5.32 Å². The van der Waals surface area contributed by atoms with Gasteiger partial charge < -0.3 is 10.4 Å². The van der Waals surface area contributed by atoms with Crippen LogP contribution in [0.15, 0.2) is 0 Å². The second kappa shape index (κ2) is 4.84. The monoisotopic (exact) mass is 213 g/mol. The molecule has 2 nitrogen and oxygen atoms in total. The molecule has 0 bridgehead atoms. The number of nitrogens with one attached hydrogen (secondary N) is 1. The highest BCUT2D eigenvalue weighted by atomic mass is 16.3. The zero-order chi connectivity index (χ0) is 11.5.